The molecule has 2 aliphatic rings. The molecule has 1 N–H and O–H groups in total. The number of ether oxygens (including phenoxy) is 2. The number of hydrogen-bond donors (Lipinski definition) is 1. The van der Waals surface area contributed by atoms with Crippen molar-refractivity contribution in [3.05, 3.63) is 36.0 Å². The van der Waals surface area contributed by atoms with Crippen molar-refractivity contribution in [1.29, 1.82) is 0 Å². The molecule has 1 aromatic carbocycles. The highest BCUT2D eigenvalue weighted by Gasteiger charge is 2.36. The van der Waals surface area contributed by atoms with Crippen LogP contribution in [0.25, 0.3) is 10.9 Å². The predicted octanol–water partition coefficient (Wildman–Crippen LogP) is 4.20. The van der Waals surface area contributed by atoms with Crippen molar-refractivity contribution in [2.45, 2.75) is 44.3 Å². The number of benzene rings is 1. The summed E-state index contributed by atoms with van der Waals surface area (Å²) in [6, 6.07) is 8.62. The first-order chi connectivity index (χ1) is 10.4. The summed E-state index contributed by atoms with van der Waals surface area (Å²) >= 11 is 0. The number of aromatic amines is 1. The van der Waals surface area contributed by atoms with E-state index in [9.17, 15) is 0 Å². The largest absolute Gasteiger partial charge is 0.361 e. The Labute approximate surface area is 125 Å². The Morgan fingerprint density at radius 3 is 2.76 bits per heavy atom. The third-order valence-corrected chi connectivity index (χ3v) is 5.04. The fourth-order valence-corrected chi connectivity index (χ4v) is 4.01. The van der Waals surface area contributed by atoms with Crippen LogP contribution in [-0.4, -0.2) is 24.5 Å². The molecule has 2 saturated heterocycles. The van der Waals surface area contributed by atoms with Crippen molar-refractivity contribution in [2.24, 2.45) is 5.92 Å². The quantitative estimate of drug-likeness (QED) is 0.852. The molecule has 0 saturated carbocycles. The first-order valence-corrected chi connectivity index (χ1v) is 8.23. The van der Waals surface area contributed by atoms with E-state index in [-0.39, 0.29) is 6.29 Å². The fourth-order valence-electron chi connectivity index (χ4n) is 4.01. The zero-order valence-electron chi connectivity index (χ0n) is 12.4. The molecule has 2 aliphatic heterocycles. The van der Waals surface area contributed by atoms with Gasteiger partial charge in [0.1, 0.15) is 0 Å². The van der Waals surface area contributed by atoms with Gasteiger partial charge in [-0.15, -0.1) is 0 Å². The normalized spacial score (nSPS) is 30.6. The van der Waals surface area contributed by atoms with Crippen molar-refractivity contribution in [3.63, 3.8) is 0 Å². The smallest absolute Gasteiger partial charge is 0.160 e. The second-order valence-electron chi connectivity index (χ2n) is 6.31. The second-order valence-corrected chi connectivity index (χ2v) is 6.31. The average molecular weight is 285 g/mol. The Morgan fingerprint density at radius 2 is 1.81 bits per heavy atom. The molecule has 0 aliphatic carbocycles. The van der Waals surface area contributed by atoms with Gasteiger partial charge in [-0.25, -0.2) is 0 Å². The zero-order valence-corrected chi connectivity index (χ0v) is 12.4. The molecule has 2 aromatic rings. The van der Waals surface area contributed by atoms with E-state index in [0.717, 1.165) is 26.1 Å². The maximum atomic E-state index is 5.99. The number of hydrogen-bond acceptors (Lipinski definition) is 2. The van der Waals surface area contributed by atoms with Crippen molar-refractivity contribution < 1.29 is 9.47 Å². The number of rotatable bonds is 1. The minimum atomic E-state index is -0.00212. The highest BCUT2D eigenvalue weighted by molar-refractivity contribution is 5.83. The summed E-state index contributed by atoms with van der Waals surface area (Å²) in [6.45, 7) is 1.70. The van der Waals surface area contributed by atoms with E-state index in [1.165, 1.54) is 35.7 Å². The van der Waals surface area contributed by atoms with Crippen LogP contribution in [0, 0.1) is 5.92 Å². The second kappa shape index (κ2) is 5.82. The van der Waals surface area contributed by atoms with E-state index in [1.54, 1.807) is 0 Å². The van der Waals surface area contributed by atoms with Crippen LogP contribution < -0.4 is 0 Å². The number of H-pyrrole nitrogens is 1. The first-order valence-electron chi connectivity index (χ1n) is 8.23. The van der Waals surface area contributed by atoms with Gasteiger partial charge < -0.3 is 14.5 Å². The van der Waals surface area contributed by atoms with Crippen molar-refractivity contribution in [1.82, 2.24) is 4.98 Å². The van der Waals surface area contributed by atoms with E-state index in [2.05, 4.69) is 35.4 Å². The summed E-state index contributed by atoms with van der Waals surface area (Å²) in [5, 5.41) is 1.37. The predicted molar refractivity (Wildman–Crippen MR) is 83.3 cm³/mol. The SMILES string of the molecule is c1ccc2c([C@H]3CCCCO[C@@H]4OCCC[C@@H]43)c[nH]c2c1. The minimum absolute atomic E-state index is 0.00212. The van der Waals surface area contributed by atoms with Crippen LogP contribution in [0.5, 0.6) is 0 Å². The molecule has 21 heavy (non-hydrogen) atoms. The van der Waals surface area contributed by atoms with Crippen molar-refractivity contribution in [2.75, 3.05) is 13.2 Å². The van der Waals surface area contributed by atoms with Gasteiger partial charge in [0.15, 0.2) is 6.29 Å². The summed E-state index contributed by atoms with van der Waals surface area (Å²) in [5.74, 6) is 1.05. The van der Waals surface area contributed by atoms with Crippen LogP contribution in [0.1, 0.15) is 43.6 Å². The van der Waals surface area contributed by atoms with Crippen LogP contribution in [0.2, 0.25) is 0 Å². The van der Waals surface area contributed by atoms with Crippen molar-refractivity contribution in [3.8, 4) is 0 Å². The number of nitrogens with one attached hydrogen (secondary N) is 1. The fraction of sp³-hybridized carbons (Fsp3) is 0.556. The zero-order chi connectivity index (χ0) is 14.1. The molecule has 0 bridgehead atoms. The Balaban J connectivity index is 1.72. The number of fused-ring (bicyclic) bond motifs is 2. The highest BCUT2D eigenvalue weighted by Crippen LogP contribution is 2.42. The molecule has 3 atom stereocenters. The monoisotopic (exact) mass is 285 g/mol. The molecule has 3 nitrogen and oxygen atoms in total. The number of para-hydroxylation sites is 1. The minimum Gasteiger partial charge on any atom is -0.361 e. The van der Waals surface area contributed by atoms with E-state index in [1.807, 2.05) is 0 Å². The van der Waals surface area contributed by atoms with Gasteiger partial charge in [0.25, 0.3) is 0 Å². The standard InChI is InChI=1S/C18H23NO2/c1-2-9-17-14(7-1)16(12-19-17)13-6-3-4-10-20-18-15(13)8-5-11-21-18/h1-2,7,9,12-13,15,18-19H,3-6,8,10-11H2/t13-,15+,18+/m0/s1. The molecule has 0 spiro atoms. The summed E-state index contributed by atoms with van der Waals surface area (Å²) in [6.07, 6.45) is 8.22. The molecule has 4 rings (SSSR count). The Hall–Kier alpha value is -1.32. The molecule has 3 heteroatoms. The molecule has 0 radical (unpaired) electrons. The topological polar surface area (TPSA) is 34.2 Å². The van der Waals surface area contributed by atoms with Gasteiger partial charge >= 0.3 is 0 Å². The van der Waals surface area contributed by atoms with Gasteiger partial charge in [-0.1, -0.05) is 24.6 Å². The third-order valence-electron chi connectivity index (χ3n) is 5.04. The van der Waals surface area contributed by atoms with Gasteiger partial charge in [-0.2, -0.15) is 0 Å². The molecule has 3 heterocycles. The lowest BCUT2D eigenvalue weighted by Gasteiger charge is -2.38. The maximum Gasteiger partial charge on any atom is 0.160 e. The van der Waals surface area contributed by atoms with Gasteiger partial charge in [0, 0.05) is 36.2 Å². The lowest BCUT2D eigenvalue weighted by atomic mass is 9.78. The van der Waals surface area contributed by atoms with Crippen molar-refractivity contribution >= 4 is 10.9 Å². The Morgan fingerprint density at radius 1 is 0.952 bits per heavy atom. The van der Waals surface area contributed by atoms with E-state index in [0.29, 0.717) is 11.8 Å². The highest BCUT2D eigenvalue weighted by atomic mass is 16.7. The van der Waals surface area contributed by atoms with Crippen LogP contribution >= 0.6 is 0 Å². The first kappa shape index (κ1) is 13.4. The average Bonchev–Trinajstić information content (AvgIpc) is 2.92. The molecule has 112 valence electrons. The Kier molecular flexibility index (Phi) is 3.70. The Bertz CT molecular complexity index is 606. The van der Waals surface area contributed by atoms with Gasteiger partial charge in [-0.05, 0) is 43.2 Å². The van der Waals surface area contributed by atoms with Crippen LogP contribution in [-0.2, 0) is 9.47 Å². The van der Waals surface area contributed by atoms with Gasteiger partial charge in [0.05, 0.1) is 0 Å². The van der Waals surface area contributed by atoms with Gasteiger partial charge in [0.2, 0.25) is 0 Å². The van der Waals surface area contributed by atoms with Crippen LogP contribution in [0.3, 0.4) is 0 Å². The third kappa shape index (κ3) is 2.49. The van der Waals surface area contributed by atoms with Crippen LogP contribution in [0.4, 0.5) is 0 Å². The van der Waals surface area contributed by atoms with E-state index in [4.69, 9.17) is 9.47 Å². The lowest BCUT2D eigenvalue weighted by Crippen LogP contribution is -2.37. The van der Waals surface area contributed by atoms with E-state index >= 15 is 0 Å². The maximum absolute atomic E-state index is 5.99. The molecule has 0 amide bonds. The van der Waals surface area contributed by atoms with Crippen LogP contribution in [0.15, 0.2) is 30.5 Å². The van der Waals surface area contributed by atoms with E-state index < -0.39 is 0 Å². The number of aromatic nitrogens is 1. The molecule has 0 unspecified atom stereocenters. The summed E-state index contributed by atoms with van der Waals surface area (Å²) in [7, 11) is 0. The molecular weight excluding hydrogens is 262 g/mol. The lowest BCUT2D eigenvalue weighted by molar-refractivity contribution is -0.202. The van der Waals surface area contributed by atoms with Gasteiger partial charge in [-0.3, -0.25) is 0 Å². The molecule has 1 aromatic heterocycles. The summed E-state index contributed by atoms with van der Waals surface area (Å²) in [5.41, 5.74) is 2.69. The molecular formula is C18H23NO2. The molecule has 2 fully saturated rings. The summed E-state index contributed by atoms with van der Waals surface area (Å²) in [4.78, 5) is 3.44. The summed E-state index contributed by atoms with van der Waals surface area (Å²) < 4.78 is 11.9.